The van der Waals surface area contributed by atoms with Gasteiger partial charge in [-0.1, -0.05) is 6.58 Å². The molecular weight excluding hydrogens is 192 g/mol. The normalized spacial score (nSPS) is 10.8. The lowest BCUT2D eigenvalue weighted by atomic mass is 10.3. The maximum Gasteiger partial charge on any atom is 0.331 e. The van der Waals surface area contributed by atoms with Crippen LogP contribution in [-0.4, -0.2) is 13.5 Å². The molecule has 4 nitrogen and oxygen atoms in total. The van der Waals surface area contributed by atoms with Crippen molar-refractivity contribution in [1.82, 2.24) is 0 Å². The standard InChI is InChI=1S/C8H8O4S/c1-2-13(10,11)12-8-5-3-7(9)4-6-8/h2-6,9H,1H2. The second-order valence-electron chi connectivity index (χ2n) is 2.24. The molecule has 0 aliphatic heterocycles. The summed E-state index contributed by atoms with van der Waals surface area (Å²) < 4.78 is 26.3. The summed E-state index contributed by atoms with van der Waals surface area (Å²) in [7, 11) is -3.70. The summed E-state index contributed by atoms with van der Waals surface area (Å²) in [6, 6.07) is 5.34. The first-order chi connectivity index (χ1) is 6.03. The van der Waals surface area contributed by atoms with Crippen LogP contribution in [0.4, 0.5) is 0 Å². The molecule has 1 aromatic carbocycles. The third-order valence-electron chi connectivity index (χ3n) is 1.25. The Bertz CT molecular complexity index is 391. The lowest BCUT2D eigenvalue weighted by Gasteiger charge is -2.01. The number of benzene rings is 1. The number of rotatable bonds is 3. The van der Waals surface area contributed by atoms with Crippen LogP contribution < -0.4 is 4.18 Å². The number of hydrogen-bond donors (Lipinski definition) is 1. The minimum atomic E-state index is -3.70. The molecule has 1 rings (SSSR count). The van der Waals surface area contributed by atoms with Crippen molar-refractivity contribution >= 4 is 10.1 Å². The molecule has 0 saturated heterocycles. The van der Waals surface area contributed by atoms with Crippen molar-refractivity contribution < 1.29 is 17.7 Å². The topological polar surface area (TPSA) is 63.6 Å². The summed E-state index contributed by atoms with van der Waals surface area (Å²) >= 11 is 0. The van der Waals surface area contributed by atoms with Crippen molar-refractivity contribution in [2.45, 2.75) is 0 Å². The summed E-state index contributed by atoms with van der Waals surface area (Å²) in [5.74, 6) is 0.182. The fraction of sp³-hybridized carbons (Fsp3) is 0. The van der Waals surface area contributed by atoms with Crippen molar-refractivity contribution in [3.05, 3.63) is 36.3 Å². The van der Waals surface area contributed by atoms with Gasteiger partial charge in [-0.25, -0.2) is 0 Å². The van der Waals surface area contributed by atoms with Gasteiger partial charge < -0.3 is 9.29 Å². The van der Waals surface area contributed by atoms with E-state index in [1.165, 1.54) is 24.3 Å². The Labute approximate surface area is 76.2 Å². The molecule has 1 N–H and O–H groups in total. The van der Waals surface area contributed by atoms with E-state index in [4.69, 9.17) is 5.11 Å². The van der Waals surface area contributed by atoms with Gasteiger partial charge in [0.2, 0.25) is 0 Å². The molecule has 0 saturated carbocycles. The van der Waals surface area contributed by atoms with E-state index in [1.807, 2.05) is 0 Å². The van der Waals surface area contributed by atoms with Crippen molar-refractivity contribution in [3.63, 3.8) is 0 Å². The number of hydrogen-bond acceptors (Lipinski definition) is 4. The van der Waals surface area contributed by atoms with Gasteiger partial charge >= 0.3 is 10.1 Å². The second-order valence-corrected chi connectivity index (χ2v) is 3.72. The fourth-order valence-electron chi connectivity index (χ4n) is 0.670. The monoisotopic (exact) mass is 200 g/mol. The lowest BCUT2D eigenvalue weighted by Crippen LogP contribution is -2.03. The van der Waals surface area contributed by atoms with Crippen LogP contribution in [0.1, 0.15) is 0 Å². The Kier molecular flexibility index (Phi) is 2.57. The van der Waals surface area contributed by atoms with E-state index in [-0.39, 0.29) is 11.5 Å². The summed E-state index contributed by atoms with van der Waals surface area (Å²) in [4.78, 5) is 0. The average molecular weight is 200 g/mol. The van der Waals surface area contributed by atoms with Crippen molar-refractivity contribution in [1.29, 1.82) is 0 Å². The predicted molar refractivity (Wildman–Crippen MR) is 47.9 cm³/mol. The highest BCUT2D eigenvalue weighted by atomic mass is 32.2. The minimum absolute atomic E-state index is 0.0448. The smallest absolute Gasteiger partial charge is 0.331 e. The molecular formula is C8H8O4S. The molecule has 0 unspecified atom stereocenters. The van der Waals surface area contributed by atoms with Gasteiger partial charge in [-0.05, 0) is 24.3 Å². The van der Waals surface area contributed by atoms with Gasteiger partial charge in [0.05, 0.1) is 5.41 Å². The summed E-state index contributed by atoms with van der Waals surface area (Å²) in [5, 5.41) is 9.60. The van der Waals surface area contributed by atoms with Gasteiger partial charge in [0.1, 0.15) is 11.5 Å². The molecule has 0 heterocycles. The van der Waals surface area contributed by atoms with E-state index in [1.54, 1.807) is 0 Å². The zero-order valence-corrected chi connectivity index (χ0v) is 7.49. The number of aromatic hydroxyl groups is 1. The maximum atomic E-state index is 10.9. The predicted octanol–water partition coefficient (Wildman–Crippen LogP) is 1.24. The number of phenols is 1. The molecule has 0 spiro atoms. The van der Waals surface area contributed by atoms with Gasteiger partial charge in [0.15, 0.2) is 0 Å². The highest BCUT2D eigenvalue weighted by Gasteiger charge is 2.05. The summed E-state index contributed by atoms with van der Waals surface area (Å²) in [6.45, 7) is 3.08. The first-order valence-electron chi connectivity index (χ1n) is 3.39. The van der Waals surface area contributed by atoms with E-state index < -0.39 is 10.1 Å². The minimum Gasteiger partial charge on any atom is -0.508 e. The summed E-state index contributed by atoms with van der Waals surface area (Å²) in [5.41, 5.74) is 0. The Morgan fingerprint density at radius 2 is 1.85 bits per heavy atom. The first kappa shape index (κ1) is 9.60. The molecule has 1 aromatic rings. The van der Waals surface area contributed by atoms with Gasteiger partial charge in [0.25, 0.3) is 0 Å². The van der Waals surface area contributed by atoms with Crippen LogP contribution in [0.2, 0.25) is 0 Å². The highest BCUT2D eigenvalue weighted by Crippen LogP contribution is 2.17. The molecule has 13 heavy (non-hydrogen) atoms. The van der Waals surface area contributed by atoms with Gasteiger partial charge in [0, 0.05) is 0 Å². The van der Waals surface area contributed by atoms with Crippen LogP contribution >= 0.6 is 0 Å². The maximum absolute atomic E-state index is 10.9. The molecule has 5 heteroatoms. The van der Waals surface area contributed by atoms with Crippen LogP contribution in [0.25, 0.3) is 0 Å². The molecule has 0 radical (unpaired) electrons. The molecule has 0 aromatic heterocycles. The van der Waals surface area contributed by atoms with Crippen molar-refractivity contribution in [2.24, 2.45) is 0 Å². The Hall–Kier alpha value is -1.49. The van der Waals surface area contributed by atoms with Gasteiger partial charge in [-0.3, -0.25) is 0 Å². The fourth-order valence-corrected chi connectivity index (χ4v) is 1.12. The zero-order valence-electron chi connectivity index (χ0n) is 6.67. The third kappa shape index (κ3) is 2.79. The zero-order chi connectivity index (χ0) is 9.90. The van der Waals surface area contributed by atoms with E-state index in [2.05, 4.69) is 10.8 Å². The summed E-state index contributed by atoms with van der Waals surface area (Å²) in [6.07, 6.45) is 0. The third-order valence-corrected chi connectivity index (χ3v) is 2.09. The lowest BCUT2D eigenvalue weighted by molar-refractivity contribution is 0.470. The second kappa shape index (κ2) is 3.49. The SMILES string of the molecule is C=CS(=O)(=O)Oc1ccc(O)cc1. The quantitative estimate of drug-likeness (QED) is 0.746. The van der Waals surface area contributed by atoms with Crippen LogP contribution in [-0.2, 0) is 10.1 Å². The van der Waals surface area contributed by atoms with Gasteiger partial charge in [-0.15, -0.1) is 0 Å². The van der Waals surface area contributed by atoms with Crippen LogP contribution in [0.5, 0.6) is 11.5 Å². The first-order valence-corrected chi connectivity index (χ1v) is 4.86. The molecule has 0 atom stereocenters. The van der Waals surface area contributed by atoms with E-state index >= 15 is 0 Å². The van der Waals surface area contributed by atoms with Crippen LogP contribution in [0, 0.1) is 0 Å². The Morgan fingerprint density at radius 3 is 2.31 bits per heavy atom. The van der Waals surface area contributed by atoms with Crippen LogP contribution in [0.3, 0.4) is 0 Å². The molecule has 0 amide bonds. The molecule has 70 valence electrons. The van der Waals surface area contributed by atoms with E-state index in [9.17, 15) is 8.42 Å². The Morgan fingerprint density at radius 1 is 1.31 bits per heavy atom. The van der Waals surface area contributed by atoms with Crippen LogP contribution in [0.15, 0.2) is 36.3 Å². The molecule has 0 aliphatic carbocycles. The molecule has 0 aliphatic rings. The van der Waals surface area contributed by atoms with E-state index in [0.29, 0.717) is 5.41 Å². The molecule has 0 bridgehead atoms. The van der Waals surface area contributed by atoms with Crippen molar-refractivity contribution in [2.75, 3.05) is 0 Å². The number of phenolic OH excluding ortho intramolecular Hbond substituents is 1. The van der Waals surface area contributed by atoms with Crippen molar-refractivity contribution in [3.8, 4) is 11.5 Å². The highest BCUT2D eigenvalue weighted by molar-refractivity contribution is 7.90. The molecule has 0 fully saturated rings. The average Bonchev–Trinajstić information content (AvgIpc) is 2.09. The Balaban J connectivity index is 2.88. The largest absolute Gasteiger partial charge is 0.508 e. The van der Waals surface area contributed by atoms with Gasteiger partial charge in [-0.2, -0.15) is 8.42 Å². The van der Waals surface area contributed by atoms with E-state index in [0.717, 1.165) is 0 Å².